The maximum Gasteiger partial charge on any atom is 0.328 e. The fraction of sp³-hybridized carbons (Fsp3) is 0.286. The van der Waals surface area contributed by atoms with Crippen LogP contribution in [0, 0.1) is 13.8 Å². The van der Waals surface area contributed by atoms with Crippen molar-refractivity contribution in [1.29, 1.82) is 0 Å². The molecule has 0 fully saturated rings. The highest BCUT2D eigenvalue weighted by molar-refractivity contribution is 6.10. The van der Waals surface area contributed by atoms with Gasteiger partial charge in [-0.3, -0.25) is 9.48 Å². The number of carbonyl (C=O) groups excluding carboxylic acids is 1. The number of aryl methyl sites for hydroxylation is 1. The Labute approximate surface area is 178 Å². The highest BCUT2D eigenvalue weighted by Crippen LogP contribution is 2.32. The number of benzene rings is 1. The summed E-state index contributed by atoms with van der Waals surface area (Å²) in [5, 5.41) is 13.7. The van der Waals surface area contributed by atoms with Gasteiger partial charge in [-0.25, -0.2) is 14.8 Å². The van der Waals surface area contributed by atoms with E-state index in [9.17, 15) is 14.7 Å². The van der Waals surface area contributed by atoms with E-state index in [0.717, 1.165) is 22.5 Å². The van der Waals surface area contributed by atoms with Crippen LogP contribution in [0.4, 0.5) is 11.5 Å². The lowest BCUT2D eigenvalue weighted by atomic mass is 10.0. The average molecular weight is 422 g/mol. The summed E-state index contributed by atoms with van der Waals surface area (Å²) in [5.74, 6) is -1.01. The zero-order chi connectivity index (χ0) is 22.3. The van der Waals surface area contributed by atoms with Gasteiger partial charge in [0.2, 0.25) is 5.88 Å². The van der Waals surface area contributed by atoms with E-state index in [1.54, 1.807) is 11.8 Å². The minimum atomic E-state index is -0.946. The van der Waals surface area contributed by atoms with Gasteiger partial charge in [0.25, 0.3) is 5.91 Å². The zero-order valence-corrected chi connectivity index (χ0v) is 17.4. The van der Waals surface area contributed by atoms with Crippen molar-refractivity contribution < 1.29 is 19.4 Å². The normalized spacial score (nSPS) is 14.5. The van der Waals surface area contributed by atoms with Crippen molar-refractivity contribution in [2.24, 2.45) is 0 Å². The van der Waals surface area contributed by atoms with Crippen LogP contribution in [-0.2, 0) is 4.79 Å². The number of aliphatic carboxylic acids is 1. The first kappa shape index (κ1) is 20.3. The summed E-state index contributed by atoms with van der Waals surface area (Å²) in [7, 11) is 0. The molecule has 0 bridgehead atoms. The average Bonchev–Trinajstić information content (AvgIpc) is 2.92. The molecular formula is C21H22N6O4. The Kier molecular flexibility index (Phi) is 5.05. The van der Waals surface area contributed by atoms with Crippen molar-refractivity contribution in [3.8, 4) is 17.0 Å². The van der Waals surface area contributed by atoms with Crippen LogP contribution in [0.5, 0.6) is 5.88 Å². The van der Waals surface area contributed by atoms with Gasteiger partial charge in [-0.15, -0.1) is 0 Å². The molecule has 1 aromatic carbocycles. The minimum Gasteiger partial charge on any atom is -0.480 e. The van der Waals surface area contributed by atoms with Crippen molar-refractivity contribution >= 4 is 23.4 Å². The standard InChI is InChI=1S/C21H22N6O4/c1-11-16(12(2)27(25-11)13(3)21(29)30)14-4-6-15(7-5-14)26-8-9-31-19-17(20(26)28)18(22)23-10-24-19/h4-7,10,13H,8-9H2,1-3H3,(H,29,30)(H2,22,23,24). The van der Waals surface area contributed by atoms with Crippen LogP contribution in [0.1, 0.15) is 34.7 Å². The lowest BCUT2D eigenvalue weighted by Crippen LogP contribution is -2.32. The lowest BCUT2D eigenvalue weighted by molar-refractivity contribution is -0.140. The number of nitrogens with two attached hydrogens (primary N) is 1. The number of ether oxygens (including phenoxy) is 1. The van der Waals surface area contributed by atoms with Gasteiger partial charge >= 0.3 is 5.97 Å². The fourth-order valence-corrected chi connectivity index (χ4v) is 3.78. The third-order valence-corrected chi connectivity index (χ3v) is 5.37. The Morgan fingerprint density at radius 2 is 1.90 bits per heavy atom. The Morgan fingerprint density at radius 3 is 2.58 bits per heavy atom. The van der Waals surface area contributed by atoms with Gasteiger partial charge in [-0.1, -0.05) is 12.1 Å². The number of anilines is 2. The first-order valence-electron chi connectivity index (χ1n) is 9.73. The van der Waals surface area contributed by atoms with Crippen molar-refractivity contribution in [3.05, 3.63) is 47.5 Å². The van der Waals surface area contributed by atoms with E-state index in [2.05, 4.69) is 15.1 Å². The molecule has 160 valence electrons. The number of carboxylic acids is 1. The molecule has 0 aliphatic carbocycles. The number of carboxylic acid groups (broad SMARTS) is 1. The number of aromatic nitrogens is 4. The van der Waals surface area contributed by atoms with E-state index >= 15 is 0 Å². The first-order valence-corrected chi connectivity index (χ1v) is 9.73. The molecule has 10 heteroatoms. The Morgan fingerprint density at radius 1 is 1.19 bits per heavy atom. The number of fused-ring (bicyclic) bond motifs is 1. The van der Waals surface area contributed by atoms with Crippen molar-refractivity contribution in [2.45, 2.75) is 26.8 Å². The van der Waals surface area contributed by atoms with E-state index in [1.807, 2.05) is 38.1 Å². The molecule has 2 aromatic heterocycles. The van der Waals surface area contributed by atoms with Crippen molar-refractivity contribution in [1.82, 2.24) is 19.7 Å². The Hall–Kier alpha value is -3.95. The number of hydrogen-bond acceptors (Lipinski definition) is 7. The van der Waals surface area contributed by atoms with Gasteiger partial charge in [0.1, 0.15) is 30.4 Å². The van der Waals surface area contributed by atoms with Crippen LogP contribution in [-0.4, -0.2) is 49.9 Å². The number of hydrogen-bond donors (Lipinski definition) is 2. The molecule has 10 nitrogen and oxygen atoms in total. The molecule has 4 rings (SSSR count). The topological polar surface area (TPSA) is 136 Å². The molecule has 1 amide bonds. The van der Waals surface area contributed by atoms with E-state index < -0.39 is 12.0 Å². The number of nitrogen functional groups attached to an aromatic ring is 1. The lowest BCUT2D eigenvalue weighted by Gasteiger charge is -2.20. The third-order valence-electron chi connectivity index (χ3n) is 5.37. The second kappa shape index (κ2) is 7.71. The van der Waals surface area contributed by atoms with Crippen molar-refractivity contribution in [2.75, 3.05) is 23.8 Å². The van der Waals surface area contributed by atoms with Crippen LogP contribution < -0.4 is 15.4 Å². The predicted molar refractivity (Wildman–Crippen MR) is 113 cm³/mol. The maximum atomic E-state index is 13.1. The SMILES string of the molecule is Cc1nn(C(C)C(=O)O)c(C)c1-c1ccc(N2CCOc3ncnc(N)c3C2=O)cc1. The molecule has 0 saturated carbocycles. The smallest absolute Gasteiger partial charge is 0.328 e. The Balaban J connectivity index is 1.68. The first-order chi connectivity index (χ1) is 14.8. The highest BCUT2D eigenvalue weighted by atomic mass is 16.5. The minimum absolute atomic E-state index is 0.0738. The molecule has 31 heavy (non-hydrogen) atoms. The molecule has 0 spiro atoms. The number of amides is 1. The Bertz CT molecular complexity index is 1170. The summed E-state index contributed by atoms with van der Waals surface area (Å²) in [6.07, 6.45) is 1.27. The summed E-state index contributed by atoms with van der Waals surface area (Å²) in [6, 6.07) is 6.65. The fourth-order valence-electron chi connectivity index (χ4n) is 3.78. The number of rotatable bonds is 4. The summed E-state index contributed by atoms with van der Waals surface area (Å²) < 4.78 is 7.08. The number of carbonyl (C=O) groups is 2. The summed E-state index contributed by atoms with van der Waals surface area (Å²) in [6.45, 7) is 5.89. The van der Waals surface area contributed by atoms with E-state index in [-0.39, 0.29) is 29.8 Å². The quantitative estimate of drug-likeness (QED) is 0.653. The summed E-state index contributed by atoms with van der Waals surface area (Å²) >= 11 is 0. The van der Waals surface area contributed by atoms with Gasteiger partial charge in [0.05, 0.1) is 12.2 Å². The molecule has 1 atom stereocenters. The van der Waals surface area contributed by atoms with Crippen LogP contribution in [0.2, 0.25) is 0 Å². The van der Waals surface area contributed by atoms with Crippen LogP contribution in [0.25, 0.3) is 11.1 Å². The highest BCUT2D eigenvalue weighted by Gasteiger charge is 2.29. The van der Waals surface area contributed by atoms with Gasteiger partial charge in [0, 0.05) is 16.9 Å². The van der Waals surface area contributed by atoms with Crippen LogP contribution >= 0.6 is 0 Å². The van der Waals surface area contributed by atoms with E-state index in [0.29, 0.717) is 12.2 Å². The van der Waals surface area contributed by atoms with E-state index in [4.69, 9.17) is 10.5 Å². The summed E-state index contributed by atoms with van der Waals surface area (Å²) in [5.41, 5.74) is 9.96. The third kappa shape index (κ3) is 3.45. The molecule has 0 saturated heterocycles. The maximum absolute atomic E-state index is 13.1. The predicted octanol–water partition coefficient (Wildman–Crippen LogP) is 2.22. The molecule has 3 aromatic rings. The number of nitrogens with zero attached hydrogens (tertiary/aromatic N) is 5. The molecule has 1 aliphatic heterocycles. The monoisotopic (exact) mass is 422 g/mol. The van der Waals surface area contributed by atoms with Gasteiger partial charge in [-0.2, -0.15) is 5.10 Å². The second-order valence-electron chi connectivity index (χ2n) is 7.30. The van der Waals surface area contributed by atoms with Gasteiger partial charge in [0.15, 0.2) is 0 Å². The molecule has 3 N–H and O–H groups in total. The molecule has 0 radical (unpaired) electrons. The molecule has 1 unspecified atom stereocenters. The van der Waals surface area contributed by atoms with Crippen molar-refractivity contribution in [3.63, 3.8) is 0 Å². The van der Waals surface area contributed by atoms with Gasteiger partial charge < -0.3 is 20.5 Å². The zero-order valence-electron chi connectivity index (χ0n) is 17.4. The second-order valence-corrected chi connectivity index (χ2v) is 7.30. The largest absolute Gasteiger partial charge is 0.480 e. The van der Waals surface area contributed by atoms with Gasteiger partial charge in [-0.05, 0) is 38.5 Å². The molecular weight excluding hydrogens is 400 g/mol. The van der Waals surface area contributed by atoms with Crippen LogP contribution in [0.3, 0.4) is 0 Å². The van der Waals surface area contributed by atoms with Crippen LogP contribution in [0.15, 0.2) is 30.6 Å². The van der Waals surface area contributed by atoms with E-state index in [1.165, 1.54) is 11.0 Å². The molecule has 3 heterocycles. The molecule has 1 aliphatic rings. The summed E-state index contributed by atoms with van der Waals surface area (Å²) in [4.78, 5) is 33.9.